The maximum absolute atomic E-state index is 11.9. The van der Waals surface area contributed by atoms with Gasteiger partial charge in [-0.3, -0.25) is 9.59 Å². The molecule has 0 aromatic heterocycles. The zero-order valence-corrected chi connectivity index (χ0v) is 16.2. The van der Waals surface area contributed by atoms with Crippen molar-refractivity contribution in [3.05, 3.63) is 29.8 Å². The van der Waals surface area contributed by atoms with Crippen LogP contribution < -0.4 is 10.1 Å². The molecule has 8 nitrogen and oxygen atoms in total. The summed E-state index contributed by atoms with van der Waals surface area (Å²) >= 11 is 0. The number of nitrogens with one attached hydrogen (secondary N) is 1. The molecule has 1 aromatic rings. The topological polar surface area (TPSA) is 105 Å². The second kappa shape index (κ2) is 9.61. The van der Waals surface area contributed by atoms with Crippen LogP contribution in [-0.2, 0) is 19.1 Å². The molecule has 0 bridgehead atoms. The molecule has 148 valence electrons. The van der Waals surface area contributed by atoms with Gasteiger partial charge >= 0.3 is 5.97 Å². The Kier molecular flexibility index (Phi) is 7.83. The van der Waals surface area contributed by atoms with E-state index in [1.54, 1.807) is 12.1 Å². The number of benzene rings is 1. The number of amides is 2. The number of nitrogens with zero attached hydrogens (tertiary/aromatic N) is 1. The van der Waals surface area contributed by atoms with Gasteiger partial charge in [0.1, 0.15) is 0 Å². The quantitative estimate of drug-likeness (QED) is 0.548. The van der Waals surface area contributed by atoms with Gasteiger partial charge in [0, 0.05) is 18.7 Å². The lowest BCUT2D eigenvalue weighted by Gasteiger charge is -2.23. The lowest BCUT2D eigenvalue weighted by Crippen LogP contribution is -2.46. The number of phenolic OH excluding ortho intramolecular Hbond substituents is 1. The zero-order valence-electron chi connectivity index (χ0n) is 16.2. The van der Waals surface area contributed by atoms with Crippen LogP contribution in [0.4, 0.5) is 0 Å². The van der Waals surface area contributed by atoms with E-state index in [1.165, 1.54) is 31.2 Å². The first kappa shape index (κ1) is 22.0. The van der Waals surface area contributed by atoms with Crippen molar-refractivity contribution in [3.8, 4) is 11.5 Å². The average Bonchev–Trinajstić information content (AvgIpc) is 2.56. The van der Waals surface area contributed by atoms with Crippen LogP contribution in [0.1, 0.15) is 26.3 Å². The monoisotopic (exact) mass is 378 g/mol. The van der Waals surface area contributed by atoms with Crippen LogP contribution in [0.5, 0.6) is 11.5 Å². The van der Waals surface area contributed by atoms with Crippen molar-refractivity contribution < 1.29 is 29.0 Å². The van der Waals surface area contributed by atoms with Crippen molar-refractivity contribution in [2.24, 2.45) is 0 Å². The maximum atomic E-state index is 11.9. The predicted octanol–water partition coefficient (Wildman–Crippen LogP) is 1.33. The summed E-state index contributed by atoms with van der Waals surface area (Å²) in [6, 6.07) is 4.57. The molecule has 0 saturated heterocycles. The van der Waals surface area contributed by atoms with Gasteiger partial charge in [-0.15, -0.1) is 0 Å². The first-order valence-corrected chi connectivity index (χ1v) is 8.28. The normalized spacial score (nSPS) is 11.1. The molecule has 0 fully saturated rings. The molecule has 0 heterocycles. The van der Waals surface area contributed by atoms with Gasteiger partial charge in [0.25, 0.3) is 5.91 Å². The summed E-state index contributed by atoms with van der Waals surface area (Å²) in [5.41, 5.74) is 0.221. The fraction of sp³-hybridized carbons (Fsp3) is 0.421. The molecule has 0 radical (unpaired) electrons. The molecule has 0 aliphatic heterocycles. The molecule has 2 amide bonds. The van der Waals surface area contributed by atoms with E-state index in [4.69, 9.17) is 9.47 Å². The average molecular weight is 378 g/mol. The third kappa shape index (κ3) is 8.26. The van der Waals surface area contributed by atoms with Gasteiger partial charge in [0.05, 0.1) is 13.7 Å². The van der Waals surface area contributed by atoms with E-state index in [1.807, 2.05) is 20.8 Å². The molecule has 0 aliphatic rings. The van der Waals surface area contributed by atoms with Crippen molar-refractivity contribution >= 4 is 23.9 Å². The number of hydrogen-bond acceptors (Lipinski definition) is 6. The van der Waals surface area contributed by atoms with Gasteiger partial charge in [-0.25, -0.2) is 4.79 Å². The fourth-order valence-corrected chi connectivity index (χ4v) is 2.01. The summed E-state index contributed by atoms with van der Waals surface area (Å²) in [5.74, 6) is -1.24. The molecular weight excluding hydrogens is 352 g/mol. The number of carbonyl (C=O) groups excluding carboxylic acids is 3. The van der Waals surface area contributed by atoms with E-state index < -0.39 is 24.0 Å². The van der Waals surface area contributed by atoms with Gasteiger partial charge in [-0.05, 0) is 44.5 Å². The molecular formula is C19H26N2O6. The highest BCUT2D eigenvalue weighted by Crippen LogP contribution is 2.26. The largest absolute Gasteiger partial charge is 0.504 e. The van der Waals surface area contributed by atoms with E-state index in [0.717, 1.165) is 6.08 Å². The second-order valence-electron chi connectivity index (χ2n) is 6.92. The minimum atomic E-state index is -0.706. The Balaban J connectivity index is 2.49. The molecule has 0 spiro atoms. The fourth-order valence-electron chi connectivity index (χ4n) is 2.01. The Labute approximate surface area is 158 Å². The molecule has 0 saturated carbocycles. The smallest absolute Gasteiger partial charge is 0.331 e. The highest BCUT2D eigenvalue weighted by molar-refractivity contribution is 5.90. The lowest BCUT2D eigenvalue weighted by atomic mass is 10.1. The summed E-state index contributed by atoms with van der Waals surface area (Å²) in [5, 5.41) is 12.3. The lowest BCUT2D eigenvalue weighted by molar-refractivity contribution is -0.148. The number of rotatable bonds is 7. The summed E-state index contributed by atoms with van der Waals surface area (Å²) in [6.07, 6.45) is 2.63. The first-order chi connectivity index (χ1) is 12.5. The van der Waals surface area contributed by atoms with Crippen LogP contribution in [-0.4, -0.2) is 60.6 Å². The number of methoxy groups -OCH3 is 1. The van der Waals surface area contributed by atoms with Gasteiger partial charge in [-0.2, -0.15) is 0 Å². The van der Waals surface area contributed by atoms with E-state index >= 15 is 0 Å². The third-order valence-corrected chi connectivity index (χ3v) is 3.27. The predicted molar refractivity (Wildman–Crippen MR) is 100 cm³/mol. The number of carbonyl (C=O) groups is 3. The van der Waals surface area contributed by atoms with Crippen LogP contribution in [0.25, 0.3) is 6.08 Å². The SMILES string of the molecule is COc1cc(/C=C/C(=O)OCC(=O)N(C)CC(=O)NC(C)(C)C)ccc1O. The number of likely N-dealkylation sites (N-methyl/N-ethyl adjacent to an activating group) is 1. The van der Waals surface area contributed by atoms with Crippen LogP contribution in [0.3, 0.4) is 0 Å². The molecule has 0 aliphatic carbocycles. The number of esters is 1. The Morgan fingerprint density at radius 2 is 1.93 bits per heavy atom. The molecule has 0 unspecified atom stereocenters. The van der Waals surface area contributed by atoms with E-state index in [-0.39, 0.29) is 24.0 Å². The van der Waals surface area contributed by atoms with Crippen molar-refractivity contribution in [1.82, 2.24) is 10.2 Å². The molecule has 2 N–H and O–H groups in total. The molecule has 8 heteroatoms. The molecule has 1 rings (SSSR count). The van der Waals surface area contributed by atoms with Crippen molar-refractivity contribution in [1.29, 1.82) is 0 Å². The highest BCUT2D eigenvalue weighted by atomic mass is 16.5. The van der Waals surface area contributed by atoms with Crippen molar-refractivity contribution in [2.75, 3.05) is 27.3 Å². The van der Waals surface area contributed by atoms with Gasteiger partial charge < -0.3 is 24.8 Å². The van der Waals surface area contributed by atoms with E-state index in [2.05, 4.69) is 5.32 Å². The highest BCUT2D eigenvalue weighted by Gasteiger charge is 2.18. The van der Waals surface area contributed by atoms with Gasteiger partial charge in [-0.1, -0.05) is 6.07 Å². The zero-order chi connectivity index (χ0) is 20.6. The summed E-state index contributed by atoms with van der Waals surface area (Å²) in [7, 11) is 2.87. The van der Waals surface area contributed by atoms with Crippen LogP contribution >= 0.6 is 0 Å². The number of hydrogen-bond donors (Lipinski definition) is 2. The second-order valence-corrected chi connectivity index (χ2v) is 6.92. The van der Waals surface area contributed by atoms with Crippen LogP contribution in [0.2, 0.25) is 0 Å². The van der Waals surface area contributed by atoms with E-state index in [9.17, 15) is 19.5 Å². The Bertz CT molecular complexity index is 721. The van der Waals surface area contributed by atoms with E-state index in [0.29, 0.717) is 5.56 Å². The number of aromatic hydroxyl groups is 1. The first-order valence-electron chi connectivity index (χ1n) is 8.28. The Hall–Kier alpha value is -3.03. The molecule has 27 heavy (non-hydrogen) atoms. The van der Waals surface area contributed by atoms with Gasteiger partial charge in [0.15, 0.2) is 18.1 Å². The standard InChI is InChI=1S/C19H26N2O6/c1-19(2,3)20-16(23)11-21(4)17(24)12-27-18(25)9-7-13-6-8-14(22)15(10-13)26-5/h6-10,22H,11-12H2,1-5H3,(H,20,23)/b9-7+. The van der Waals surface area contributed by atoms with Crippen molar-refractivity contribution in [2.45, 2.75) is 26.3 Å². The van der Waals surface area contributed by atoms with Crippen molar-refractivity contribution in [3.63, 3.8) is 0 Å². The summed E-state index contributed by atoms with van der Waals surface area (Å²) < 4.78 is 9.86. The minimum absolute atomic E-state index is 0.0126. The Morgan fingerprint density at radius 1 is 1.26 bits per heavy atom. The van der Waals surface area contributed by atoms with Crippen LogP contribution in [0.15, 0.2) is 24.3 Å². The number of phenols is 1. The Morgan fingerprint density at radius 3 is 2.52 bits per heavy atom. The number of ether oxygens (including phenoxy) is 2. The summed E-state index contributed by atoms with van der Waals surface area (Å²) in [6.45, 7) is 4.91. The third-order valence-electron chi connectivity index (χ3n) is 3.27. The molecule has 1 aromatic carbocycles. The minimum Gasteiger partial charge on any atom is -0.504 e. The summed E-state index contributed by atoms with van der Waals surface area (Å²) in [4.78, 5) is 36.7. The van der Waals surface area contributed by atoms with Crippen LogP contribution in [0, 0.1) is 0 Å². The van der Waals surface area contributed by atoms with Gasteiger partial charge in [0.2, 0.25) is 5.91 Å². The maximum Gasteiger partial charge on any atom is 0.331 e. The molecule has 0 atom stereocenters.